The molecule has 0 unspecified atom stereocenters. The van der Waals surface area contributed by atoms with Crippen LogP contribution in [-0.2, 0) is 0 Å². The molecule has 1 heterocycles. The normalized spacial score (nSPS) is 10.3. The third-order valence-corrected chi connectivity index (χ3v) is 2.57. The van der Waals surface area contributed by atoms with Crippen LogP contribution in [0, 0.1) is 11.6 Å². The average molecular weight is 271 g/mol. The molecule has 0 spiro atoms. The summed E-state index contributed by atoms with van der Waals surface area (Å²) in [4.78, 5) is 7.80. The standard InChI is InChI=1S/C10H5BrF2N2/c11-9-7(12)4-6(5-8(9)13)10-14-2-1-3-15-10/h1-5H. The summed E-state index contributed by atoms with van der Waals surface area (Å²) in [5.41, 5.74) is 0.314. The Kier molecular flexibility index (Phi) is 2.73. The van der Waals surface area contributed by atoms with E-state index in [0.29, 0.717) is 11.4 Å². The molecule has 0 aliphatic carbocycles. The van der Waals surface area contributed by atoms with Crippen LogP contribution in [0.3, 0.4) is 0 Å². The fraction of sp³-hybridized carbons (Fsp3) is 0. The molecule has 2 aromatic rings. The minimum atomic E-state index is -0.669. The zero-order valence-corrected chi connectivity index (χ0v) is 9.00. The fourth-order valence-corrected chi connectivity index (χ4v) is 1.36. The van der Waals surface area contributed by atoms with Crippen LogP contribution in [0.4, 0.5) is 8.78 Å². The summed E-state index contributed by atoms with van der Waals surface area (Å²) in [5, 5.41) is 0. The molecule has 0 saturated carbocycles. The second-order valence-electron chi connectivity index (χ2n) is 2.83. The highest BCUT2D eigenvalue weighted by atomic mass is 79.9. The van der Waals surface area contributed by atoms with Crippen LogP contribution in [0.1, 0.15) is 0 Å². The molecule has 0 aliphatic rings. The van der Waals surface area contributed by atoms with E-state index in [1.807, 2.05) is 0 Å². The smallest absolute Gasteiger partial charge is 0.159 e. The van der Waals surface area contributed by atoms with Crippen molar-refractivity contribution in [2.75, 3.05) is 0 Å². The summed E-state index contributed by atoms with van der Waals surface area (Å²) < 4.78 is 26.2. The topological polar surface area (TPSA) is 25.8 Å². The lowest BCUT2D eigenvalue weighted by Gasteiger charge is -2.02. The molecule has 2 rings (SSSR count). The largest absolute Gasteiger partial charge is 0.237 e. The van der Waals surface area contributed by atoms with Crippen LogP contribution < -0.4 is 0 Å². The zero-order valence-electron chi connectivity index (χ0n) is 7.42. The lowest BCUT2D eigenvalue weighted by molar-refractivity contribution is 0.572. The third-order valence-electron chi connectivity index (χ3n) is 1.81. The summed E-state index contributed by atoms with van der Waals surface area (Å²) in [6.45, 7) is 0. The first kappa shape index (κ1) is 10.2. The van der Waals surface area contributed by atoms with E-state index in [4.69, 9.17) is 0 Å². The van der Waals surface area contributed by atoms with Gasteiger partial charge in [-0.1, -0.05) is 0 Å². The number of hydrogen-bond donors (Lipinski definition) is 0. The van der Waals surface area contributed by atoms with Crippen molar-refractivity contribution in [1.82, 2.24) is 9.97 Å². The van der Waals surface area contributed by atoms with Crippen molar-refractivity contribution >= 4 is 15.9 Å². The molecule has 0 aliphatic heterocycles. The Labute approximate surface area is 93.1 Å². The molecule has 0 bridgehead atoms. The molecule has 0 fully saturated rings. The number of aromatic nitrogens is 2. The van der Waals surface area contributed by atoms with Gasteiger partial charge in [0.1, 0.15) is 11.6 Å². The Morgan fingerprint density at radius 2 is 1.53 bits per heavy atom. The van der Waals surface area contributed by atoms with Gasteiger partial charge in [0.15, 0.2) is 5.82 Å². The summed E-state index contributed by atoms with van der Waals surface area (Å²) in [6, 6.07) is 4.00. The van der Waals surface area contributed by atoms with E-state index in [0.717, 1.165) is 0 Å². The summed E-state index contributed by atoms with van der Waals surface area (Å²) in [7, 11) is 0. The molecular weight excluding hydrogens is 266 g/mol. The first-order valence-corrected chi connectivity index (χ1v) is 4.89. The van der Waals surface area contributed by atoms with Crippen molar-refractivity contribution < 1.29 is 8.78 Å². The molecule has 0 atom stereocenters. The van der Waals surface area contributed by atoms with Gasteiger partial charge in [-0.2, -0.15) is 0 Å². The molecule has 0 radical (unpaired) electrons. The van der Waals surface area contributed by atoms with Gasteiger partial charge in [0.2, 0.25) is 0 Å². The van der Waals surface area contributed by atoms with Crippen LogP contribution in [0.15, 0.2) is 35.1 Å². The number of hydrogen-bond acceptors (Lipinski definition) is 2. The summed E-state index contributed by atoms with van der Waals surface area (Å²) in [6.07, 6.45) is 3.03. The molecule has 76 valence electrons. The van der Waals surface area contributed by atoms with Gasteiger partial charge in [0.25, 0.3) is 0 Å². The molecule has 2 nitrogen and oxygen atoms in total. The van der Waals surface area contributed by atoms with E-state index in [-0.39, 0.29) is 4.47 Å². The van der Waals surface area contributed by atoms with E-state index in [2.05, 4.69) is 25.9 Å². The molecular formula is C10H5BrF2N2. The Balaban J connectivity index is 2.56. The van der Waals surface area contributed by atoms with Crippen LogP contribution in [-0.4, -0.2) is 9.97 Å². The van der Waals surface area contributed by atoms with Crippen LogP contribution in [0.2, 0.25) is 0 Å². The number of rotatable bonds is 1. The average Bonchev–Trinajstić information content (AvgIpc) is 2.26. The second kappa shape index (κ2) is 4.02. The van der Waals surface area contributed by atoms with Crippen LogP contribution >= 0.6 is 15.9 Å². The Bertz CT molecular complexity index is 465. The van der Waals surface area contributed by atoms with E-state index in [1.165, 1.54) is 24.5 Å². The van der Waals surface area contributed by atoms with Crippen molar-refractivity contribution in [2.45, 2.75) is 0 Å². The molecule has 1 aromatic heterocycles. The third kappa shape index (κ3) is 2.02. The summed E-state index contributed by atoms with van der Waals surface area (Å²) in [5.74, 6) is -1.04. The predicted octanol–water partition coefficient (Wildman–Crippen LogP) is 3.18. The second-order valence-corrected chi connectivity index (χ2v) is 3.62. The molecule has 15 heavy (non-hydrogen) atoms. The molecule has 5 heteroatoms. The quantitative estimate of drug-likeness (QED) is 0.744. The molecule has 0 N–H and O–H groups in total. The van der Waals surface area contributed by atoms with Gasteiger partial charge in [-0.3, -0.25) is 0 Å². The van der Waals surface area contributed by atoms with Gasteiger partial charge in [0.05, 0.1) is 4.47 Å². The zero-order chi connectivity index (χ0) is 10.8. The maximum absolute atomic E-state index is 13.2. The highest BCUT2D eigenvalue weighted by Crippen LogP contribution is 2.25. The maximum atomic E-state index is 13.2. The van der Waals surface area contributed by atoms with Gasteiger partial charge >= 0.3 is 0 Å². The Hall–Kier alpha value is -1.36. The van der Waals surface area contributed by atoms with Gasteiger partial charge < -0.3 is 0 Å². The van der Waals surface area contributed by atoms with Crippen LogP contribution in [0.5, 0.6) is 0 Å². The molecule has 1 aromatic carbocycles. The minimum absolute atomic E-state index is 0.179. The van der Waals surface area contributed by atoms with E-state index in [1.54, 1.807) is 6.07 Å². The maximum Gasteiger partial charge on any atom is 0.159 e. The number of nitrogens with zero attached hydrogens (tertiary/aromatic N) is 2. The van der Waals surface area contributed by atoms with Crippen molar-refractivity contribution in [2.24, 2.45) is 0 Å². The highest BCUT2D eigenvalue weighted by molar-refractivity contribution is 9.10. The lowest BCUT2D eigenvalue weighted by Crippen LogP contribution is -1.91. The van der Waals surface area contributed by atoms with Crippen molar-refractivity contribution in [1.29, 1.82) is 0 Å². The van der Waals surface area contributed by atoms with Crippen LogP contribution in [0.25, 0.3) is 11.4 Å². The van der Waals surface area contributed by atoms with Gasteiger partial charge in [-0.15, -0.1) is 0 Å². The van der Waals surface area contributed by atoms with Gasteiger partial charge in [0, 0.05) is 18.0 Å². The Morgan fingerprint density at radius 1 is 1.00 bits per heavy atom. The first-order chi connectivity index (χ1) is 7.18. The number of benzene rings is 1. The van der Waals surface area contributed by atoms with E-state index < -0.39 is 11.6 Å². The summed E-state index contributed by atoms with van der Waals surface area (Å²) >= 11 is 2.79. The van der Waals surface area contributed by atoms with E-state index in [9.17, 15) is 8.78 Å². The van der Waals surface area contributed by atoms with Crippen molar-refractivity contribution in [3.8, 4) is 11.4 Å². The van der Waals surface area contributed by atoms with Crippen molar-refractivity contribution in [3.05, 3.63) is 46.7 Å². The fourth-order valence-electron chi connectivity index (χ4n) is 1.13. The van der Waals surface area contributed by atoms with Crippen molar-refractivity contribution in [3.63, 3.8) is 0 Å². The monoisotopic (exact) mass is 270 g/mol. The molecule has 0 amide bonds. The predicted molar refractivity (Wildman–Crippen MR) is 55.1 cm³/mol. The lowest BCUT2D eigenvalue weighted by atomic mass is 10.2. The Morgan fingerprint density at radius 3 is 2.07 bits per heavy atom. The molecule has 0 saturated heterocycles. The SMILES string of the molecule is Fc1cc(-c2ncccn2)cc(F)c1Br. The van der Waals surface area contributed by atoms with Gasteiger partial charge in [-0.05, 0) is 34.1 Å². The first-order valence-electron chi connectivity index (χ1n) is 4.10. The highest BCUT2D eigenvalue weighted by Gasteiger charge is 2.10. The number of halogens is 3. The van der Waals surface area contributed by atoms with E-state index >= 15 is 0 Å². The minimum Gasteiger partial charge on any atom is -0.237 e. The van der Waals surface area contributed by atoms with Gasteiger partial charge in [-0.25, -0.2) is 18.7 Å².